The van der Waals surface area contributed by atoms with Crippen molar-refractivity contribution in [1.82, 2.24) is 0 Å². The molecular weight excluding hydrogens is 297 g/mol. The fraction of sp³-hybridized carbons (Fsp3) is 0.235. The van der Waals surface area contributed by atoms with Crippen LogP contribution in [-0.4, -0.2) is 27.2 Å². The summed E-state index contributed by atoms with van der Waals surface area (Å²) in [6.45, 7) is 0.999. The van der Waals surface area contributed by atoms with Crippen molar-refractivity contribution >= 4 is 25.1 Å². The molecule has 0 fully saturated rings. The minimum atomic E-state index is 0.562. The first-order valence-electron chi connectivity index (χ1n) is 6.72. The van der Waals surface area contributed by atoms with Gasteiger partial charge >= 0.3 is 121 Å². The Kier molecular flexibility index (Phi) is 4.12. The van der Waals surface area contributed by atoms with Crippen molar-refractivity contribution in [3.05, 3.63) is 66.2 Å². The molecule has 0 amide bonds. The summed E-state index contributed by atoms with van der Waals surface area (Å²) in [6, 6.07) is 21.4. The zero-order valence-corrected chi connectivity index (χ0v) is 12.5. The number of benzene rings is 2. The normalized spacial score (nSPS) is 18.9. The van der Waals surface area contributed by atoms with E-state index in [9.17, 15) is 0 Å². The van der Waals surface area contributed by atoms with Gasteiger partial charge in [0, 0.05) is 0 Å². The molecule has 3 rings (SSSR count). The van der Waals surface area contributed by atoms with Crippen LogP contribution in [0.2, 0.25) is 4.82 Å². The van der Waals surface area contributed by atoms with Crippen LogP contribution in [0.15, 0.2) is 65.7 Å². The third kappa shape index (κ3) is 3.34. The van der Waals surface area contributed by atoms with Gasteiger partial charge in [-0.3, -0.25) is 0 Å². The second-order valence-electron chi connectivity index (χ2n) is 4.74. The van der Waals surface area contributed by atoms with E-state index >= 15 is 0 Å². The van der Waals surface area contributed by atoms with Gasteiger partial charge in [-0.2, -0.15) is 0 Å². The zero-order valence-electron chi connectivity index (χ0n) is 10.8. The van der Waals surface area contributed by atoms with E-state index < -0.39 is 0 Å². The molecule has 2 aromatic carbocycles. The number of hydrogen-bond donors (Lipinski definition) is 0. The van der Waals surface area contributed by atoms with Crippen molar-refractivity contribution < 1.29 is 0 Å². The SMILES string of the molecule is c1ccc([Se]C2CCC(c3ccccc3)=NC2)cc1. The molecule has 0 saturated heterocycles. The minimum absolute atomic E-state index is 0.562. The molecular formula is C17H17NSe. The second kappa shape index (κ2) is 6.18. The van der Waals surface area contributed by atoms with Gasteiger partial charge in [0.2, 0.25) is 0 Å². The Hall–Kier alpha value is -1.37. The van der Waals surface area contributed by atoms with Crippen LogP contribution >= 0.6 is 0 Å². The molecule has 1 heterocycles. The van der Waals surface area contributed by atoms with Gasteiger partial charge in [0.05, 0.1) is 0 Å². The molecule has 2 aromatic rings. The summed E-state index contributed by atoms with van der Waals surface area (Å²) in [4.78, 5) is 5.58. The van der Waals surface area contributed by atoms with E-state index in [1.54, 1.807) is 0 Å². The van der Waals surface area contributed by atoms with Gasteiger partial charge in [-0.25, -0.2) is 0 Å². The Balaban J connectivity index is 1.64. The van der Waals surface area contributed by atoms with Crippen molar-refractivity contribution in [2.75, 3.05) is 6.54 Å². The topological polar surface area (TPSA) is 12.4 Å². The monoisotopic (exact) mass is 315 g/mol. The Morgan fingerprint density at radius 3 is 2.21 bits per heavy atom. The second-order valence-corrected chi connectivity index (χ2v) is 7.63. The number of aliphatic imine (C=N–C) groups is 1. The van der Waals surface area contributed by atoms with Gasteiger partial charge in [0.15, 0.2) is 0 Å². The molecule has 19 heavy (non-hydrogen) atoms. The third-order valence-corrected chi connectivity index (χ3v) is 5.99. The Morgan fingerprint density at radius 1 is 0.895 bits per heavy atom. The average molecular weight is 314 g/mol. The molecule has 1 aliphatic heterocycles. The van der Waals surface area contributed by atoms with Crippen molar-refractivity contribution in [2.24, 2.45) is 4.99 Å². The number of nitrogens with zero attached hydrogens (tertiary/aromatic N) is 1. The van der Waals surface area contributed by atoms with Crippen molar-refractivity contribution in [1.29, 1.82) is 0 Å². The summed E-state index contributed by atoms with van der Waals surface area (Å²) in [5.74, 6) is 0. The molecule has 96 valence electrons. The van der Waals surface area contributed by atoms with Crippen LogP contribution in [0.4, 0.5) is 0 Å². The van der Waals surface area contributed by atoms with Gasteiger partial charge in [-0.1, -0.05) is 0 Å². The van der Waals surface area contributed by atoms with Crippen molar-refractivity contribution in [3.63, 3.8) is 0 Å². The van der Waals surface area contributed by atoms with E-state index in [0.29, 0.717) is 15.0 Å². The summed E-state index contributed by atoms with van der Waals surface area (Å²) in [7, 11) is 0. The quantitative estimate of drug-likeness (QED) is 0.772. The molecule has 0 saturated carbocycles. The van der Waals surface area contributed by atoms with Crippen LogP contribution in [0, 0.1) is 0 Å². The van der Waals surface area contributed by atoms with Crippen LogP contribution in [0.3, 0.4) is 0 Å². The van der Waals surface area contributed by atoms with E-state index in [0.717, 1.165) is 17.8 Å². The summed E-state index contributed by atoms with van der Waals surface area (Å²) in [6.07, 6.45) is 2.41. The summed E-state index contributed by atoms with van der Waals surface area (Å²) >= 11 is 0.562. The molecule has 0 N–H and O–H groups in total. The molecule has 1 unspecified atom stereocenters. The van der Waals surface area contributed by atoms with Gasteiger partial charge in [-0.15, -0.1) is 0 Å². The molecule has 1 nitrogen and oxygen atoms in total. The average Bonchev–Trinajstić information content (AvgIpc) is 2.50. The van der Waals surface area contributed by atoms with Gasteiger partial charge in [0.1, 0.15) is 0 Å². The van der Waals surface area contributed by atoms with E-state index in [2.05, 4.69) is 60.7 Å². The molecule has 0 radical (unpaired) electrons. The molecule has 1 aliphatic rings. The maximum absolute atomic E-state index is 4.81. The molecule has 0 aromatic heterocycles. The molecule has 1 atom stereocenters. The molecule has 2 heteroatoms. The summed E-state index contributed by atoms with van der Waals surface area (Å²) < 4.78 is 1.50. The summed E-state index contributed by atoms with van der Waals surface area (Å²) in [5.41, 5.74) is 2.59. The molecule has 0 bridgehead atoms. The first kappa shape index (κ1) is 12.7. The number of hydrogen-bond acceptors (Lipinski definition) is 1. The van der Waals surface area contributed by atoms with Crippen LogP contribution < -0.4 is 4.46 Å². The first-order chi connectivity index (χ1) is 9.42. The first-order valence-corrected chi connectivity index (χ1v) is 8.57. The van der Waals surface area contributed by atoms with Crippen LogP contribution in [-0.2, 0) is 0 Å². The fourth-order valence-corrected chi connectivity index (χ4v) is 4.61. The molecule has 0 aliphatic carbocycles. The summed E-state index contributed by atoms with van der Waals surface area (Å²) in [5, 5.41) is 0. The van der Waals surface area contributed by atoms with Crippen molar-refractivity contribution in [3.8, 4) is 0 Å². The Labute approximate surface area is 120 Å². The predicted octanol–water partition coefficient (Wildman–Crippen LogP) is 3.09. The van der Waals surface area contributed by atoms with Gasteiger partial charge < -0.3 is 0 Å². The predicted molar refractivity (Wildman–Crippen MR) is 82.7 cm³/mol. The van der Waals surface area contributed by atoms with Gasteiger partial charge in [-0.05, 0) is 0 Å². The number of rotatable bonds is 3. The molecule has 0 spiro atoms. The Morgan fingerprint density at radius 2 is 1.58 bits per heavy atom. The maximum atomic E-state index is 4.81. The van der Waals surface area contributed by atoms with E-state index in [4.69, 9.17) is 4.99 Å². The van der Waals surface area contributed by atoms with Gasteiger partial charge in [0.25, 0.3) is 0 Å². The van der Waals surface area contributed by atoms with Crippen LogP contribution in [0.25, 0.3) is 0 Å². The van der Waals surface area contributed by atoms with Crippen LogP contribution in [0.5, 0.6) is 0 Å². The van der Waals surface area contributed by atoms with Crippen LogP contribution in [0.1, 0.15) is 18.4 Å². The standard InChI is InChI=1S/C17H17NSe/c1-3-7-14(8-4-1)17-12-11-16(13-18-17)19-15-9-5-2-6-10-15/h1-10,16H,11-13H2. The zero-order chi connectivity index (χ0) is 12.9. The fourth-order valence-electron chi connectivity index (χ4n) is 2.33. The Bertz CT molecular complexity index is 548. The third-order valence-electron chi connectivity index (χ3n) is 3.34. The van der Waals surface area contributed by atoms with E-state index in [-0.39, 0.29) is 0 Å². The van der Waals surface area contributed by atoms with Crippen molar-refractivity contribution in [2.45, 2.75) is 17.7 Å². The van der Waals surface area contributed by atoms with E-state index in [1.807, 2.05) is 0 Å². The van der Waals surface area contributed by atoms with E-state index in [1.165, 1.54) is 22.2 Å².